The van der Waals surface area contributed by atoms with Crippen molar-refractivity contribution in [2.45, 2.75) is 26.8 Å². The van der Waals surface area contributed by atoms with E-state index in [0.29, 0.717) is 13.2 Å². The van der Waals surface area contributed by atoms with E-state index in [2.05, 4.69) is 5.10 Å². The third kappa shape index (κ3) is 2.96. The summed E-state index contributed by atoms with van der Waals surface area (Å²) in [6.45, 7) is 5.06. The molecule has 1 aliphatic rings. The average Bonchev–Trinajstić information content (AvgIpc) is 2.80. The lowest BCUT2D eigenvalue weighted by Gasteiger charge is -2.28. The molecular weight excluding hydrogens is 290 g/mol. The first-order valence-corrected chi connectivity index (χ1v) is 7.92. The molecular formula is C18H23N3O2. The lowest BCUT2D eigenvalue weighted by atomic mass is 9.95. The van der Waals surface area contributed by atoms with Crippen molar-refractivity contribution in [3.8, 4) is 5.75 Å². The molecule has 1 amide bonds. The number of fused-ring (bicyclic) bond motifs is 1. The molecule has 23 heavy (non-hydrogen) atoms. The van der Waals surface area contributed by atoms with Crippen molar-refractivity contribution in [3.05, 3.63) is 46.8 Å². The highest BCUT2D eigenvalue weighted by Crippen LogP contribution is 2.28. The molecule has 0 bridgehead atoms. The lowest BCUT2D eigenvalue weighted by Crippen LogP contribution is -2.38. The average molecular weight is 313 g/mol. The van der Waals surface area contributed by atoms with Crippen LogP contribution in [0, 0.1) is 19.8 Å². The largest absolute Gasteiger partial charge is 0.492 e. The summed E-state index contributed by atoms with van der Waals surface area (Å²) in [5, 5.41) is 4.42. The summed E-state index contributed by atoms with van der Waals surface area (Å²) in [6, 6.07) is 7.94. The zero-order valence-electron chi connectivity index (χ0n) is 14.2. The van der Waals surface area contributed by atoms with E-state index in [1.807, 2.05) is 56.9 Å². The van der Waals surface area contributed by atoms with Crippen molar-refractivity contribution in [1.29, 1.82) is 0 Å². The minimum Gasteiger partial charge on any atom is -0.492 e. The summed E-state index contributed by atoms with van der Waals surface area (Å²) < 4.78 is 7.61. The molecule has 1 aromatic heterocycles. The highest BCUT2D eigenvalue weighted by molar-refractivity contribution is 5.79. The van der Waals surface area contributed by atoms with Crippen LogP contribution in [-0.2, 0) is 24.8 Å². The third-order valence-corrected chi connectivity index (χ3v) is 4.66. The van der Waals surface area contributed by atoms with E-state index < -0.39 is 0 Å². The van der Waals surface area contributed by atoms with E-state index in [0.717, 1.165) is 34.7 Å². The van der Waals surface area contributed by atoms with Crippen molar-refractivity contribution in [1.82, 2.24) is 14.7 Å². The van der Waals surface area contributed by atoms with Gasteiger partial charge in [-0.3, -0.25) is 9.48 Å². The molecule has 3 rings (SSSR count). The molecule has 2 heterocycles. The van der Waals surface area contributed by atoms with Crippen LogP contribution >= 0.6 is 0 Å². The van der Waals surface area contributed by atoms with Gasteiger partial charge >= 0.3 is 0 Å². The van der Waals surface area contributed by atoms with Gasteiger partial charge in [-0.2, -0.15) is 5.10 Å². The van der Waals surface area contributed by atoms with Crippen molar-refractivity contribution < 1.29 is 9.53 Å². The van der Waals surface area contributed by atoms with Crippen LogP contribution in [0.2, 0.25) is 0 Å². The molecule has 2 aromatic rings. The number of aromatic nitrogens is 2. The second-order valence-corrected chi connectivity index (χ2v) is 6.29. The molecule has 122 valence electrons. The van der Waals surface area contributed by atoms with Gasteiger partial charge in [-0.25, -0.2) is 0 Å². The van der Waals surface area contributed by atoms with Gasteiger partial charge in [0.15, 0.2) is 0 Å². The molecule has 1 atom stereocenters. The molecule has 0 saturated carbocycles. The Hall–Kier alpha value is -2.30. The van der Waals surface area contributed by atoms with Crippen LogP contribution in [0.15, 0.2) is 24.3 Å². The first-order chi connectivity index (χ1) is 11.0. The molecule has 5 nitrogen and oxygen atoms in total. The van der Waals surface area contributed by atoms with Gasteiger partial charge in [0.2, 0.25) is 5.91 Å². The van der Waals surface area contributed by atoms with Gasteiger partial charge in [0.1, 0.15) is 12.4 Å². The number of aryl methyl sites for hydroxylation is 2. The zero-order chi connectivity index (χ0) is 16.6. The van der Waals surface area contributed by atoms with Crippen LogP contribution in [0.3, 0.4) is 0 Å². The molecule has 1 aromatic carbocycles. The Balaban J connectivity index is 1.71. The molecule has 0 spiro atoms. The summed E-state index contributed by atoms with van der Waals surface area (Å²) in [5.41, 5.74) is 4.32. The number of carbonyl (C=O) groups excluding carboxylic acids is 1. The van der Waals surface area contributed by atoms with Crippen molar-refractivity contribution >= 4 is 5.91 Å². The minimum absolute atomic E-state index is 0.118. The summed E-state index contributed by atoms with van der Waals surface area (Å²) in [5.74, 6) is 0.910. The number of hydrogen-bond acceptors (Lipinski definition) is 3. The molecule has 0 saturated heterocycles. The molecule has 0 N–H and O–H groups in total. The van der Waals surface area contributed by atoms with Gasteiger partial charge in [-0.1, -0.05) is 18.2 Å². The molecule has 5 heteroatoms. The van der Waals surface area contributed by atoms with Gasteiger partial charge in [-0.15, -0.1) is 0 Å². The highest BCUT2D eigenvalue weighted by atomic mass is 16.5. The second kappa shape index (κ2) is 6.07. The van der Waals surface area contributed by atoms with E-state index in [4.69, 9.17) is 4.74 Å². The Morgan fingerprint density at radius 1 is 1.39 bits per heavy atom. The summed E-state index contributed by atoms with van der Waals surface area (Å²) in [6.07, 6.45) is 0.740. The molecule has 0 fully saturated rings. The number of benzene rings is 1. The monoisotopic (exact) mass is 313 g/mol. The van der Waals surface area contributed by atoms with E-state index in [9.17, 15) is 4.79 Å². The van der Waals surface area contributed by atoms with Crippen molar-refractivity contribution in [2.75, 3.05) is 13.7 Å². The van der Waals surface area contributed by atoms with Gasteiger partial charge in [-0.05, 0) is 31.9 Å². The number of amides is 1. The number of carbonyl (C=O) groups is 1. The third-order valence-electron chi connectivity index (χ3n) is 4.66. The van der Waals surface area contributed by atoms with Crippen LogP contribution in [0.25, 0.3) is 0 Å². The van der Waals surface area contributed by atoms with E-state index >= 15 is 0 Å². The fourth-order valence-corrected chi connectivity index (χ4v) is 3.16. The number of rotatable bonds is 3. The number of ether oxygens (including phenoxy) is 1. The van der Waals surface area contributed by atoms with Crippen molar-refractivity contribution in [3.63, 3.8) is 0 Å². The Labute approximate surface area is 136 Å². The molecule has 0 unspecified atom stereocenters. The Morgan fingerprint density at radius 2 is 2.13 bits per heavy atom. The predicted octanol–water partition coefficient (Wildman–Crippen LogP) is 2.25. The quantitative estimate of drug-likeness (QED) is 0.873. The van der Waals surface area contributed by atoms with E-state index in [-0.39, 0.29) is 11.8 Å². The maximum absolute atomic E-state index is 12.8. The van der Waals surface area contributed by atoms with Crippen LogP contribution in [0.4, 0.5) is 0 Å². The van der Waals surface area contributed by atoms with Crippen LogP contribution in [0.5, 0.6) is 5.75 Å². The minimum atomic E-state index is -0.118. The first-order valence-electron chi connectivity index (χ1n) is 7.92. The van der Waals surface area contributed by atoms with E-state index in [1.54, 1.807) is 4.90 Å². The molecule has 0 aliphatic carbocycles. The second-order valence-electron chi connectivity index (χ2n) is 6.29. The van der Waals surface area contributed by atoms with Crippen LogP contribution < -0.4 is 4.74 Å². The highest BCUT2D eigenvalue weighted by Gasteiger charge is 2.28. The maximum Gasteiger partial charge on any atom is 0.229 e. The van der Waals surface area contributed by atoms with Gasteiger partial charge in [0.25, 0.3) is 0 Å². The van der Waals surface area contributed by atoms with Crippen LogP contribution in [0.1, 0.15) is 22.5 Å². The molecule has 0 radical (unpaired) electrons. The summed E-state index contributed by atoms with van der Waals surface area (Å²) >= 11 is 0. The standard InChI is InChI=1S/C18H23N3O2/c1-12-16(13(2)21(4)19-12)10-20(3)18(22)15-9-14-7-5-6-8-17(14)23-11-15/h5-8,15H,9-11H2,1-4H3/t15-/m0/s1. The topological polar surface area (TPSA) is 47.4 Å². The van der Waals surface area contributed by atoms with Gasteiger partial charge < -0.3 is 9.64 Å². The normalized spacial score (nSPS) is 16.6. The molecule has 1 aliphatic heterocycles. The number of nitrogens with zero attached hydrogens (tertiary/aromatic N) is 3. The smallest absolute Gasteiger partial charge is 0.229 e. The SMILES string of the molecule is Cc1nn(C)c(C)c1CN(C)C(=O)[C@@H]1COc2ccccc2C1. The van der Waals surface area contributed by atoms with Crippen molar-refractivity contribution in [2.24, 2.45) is 13.0 Å². The number of para-hydroxylation sites is 1. The Morgan fingerprint density at radius 3 is 2.83 bits per heavy atom. The van der Waals surface area contributed by atoms with Crippen LogP contribution in [-0.4, -0.2) is 34.2 Å². The Kier molecular flexibility index (Phi) is 4.11. The van der Waals surface area contributed by atoms with E-state index in [1.165, 1.54) is 0 Å². The summed E-state index contributed by atoms with van der Waals surface area (Å²) in [4.78, 5) is 14.6. The fourth-order valence-electron chi connectivity index (χ4n) is 3.16. The maximum atomic E-state index is 12.8. The Bertz CT molecular complexity index is 736. The predicted molar refractivity (Wildman–Crippen MR) is 88.3 cm³/mol. The summed E-state index contributed by atoms with van der Waals surface area (Å²) in [7, 11) is 3.79. The first kappa shape index (κ1) is 15.6. The van der Waals surface area contributed by atoms with Gasteiger partial charge in [0, 0.05) is 31.9 Å². The number of hydrogen-bond donors (Lipinski definition) is 0. The zero-order valence-corrected chi connectivity index (χ0v) is 14.2. The fraction of sp³-hybridized carbons (Fsp3) is 0.444. The lowest BCUT2D eigenvalue weighted by molar-refractivity contribution is -0.136. The van der Waals surface area contributed by atoms with Gasteiger partial charge in [0.05, 0.1) is 11.6 Å².